The molecule has 26 heavy (non-hydrogen) atoms. The number of benzene rings is 2. The maximum Gasteiger partial charge on any atom is 0.221 e. The molecule has 1 amide bonds. The number of pyridine rings is 1. The molecule has 3 aromatic rings. The van der Waals surface area contributed by atoms with Gasteiger partial charge < -0.3 is 16.4 Å². The summed E-state index contributed by atoms with van der Waals surface area (Å²) < 4.78 is 15.0. The zero-order valence-electron chi connectivity index (χ0n) is 13.9. The van der Waals surface area contributed by atoms with Crippen molar-refractivity contribution < 1.29 is 9.18 Å². The first-order chi connectivity index (χ1) is 12.4. The van der Waals surface area contributed by atoms with Crippen LogP contribution in [0.25, 0.3) is 11.3 Å². The first kappa shape index (κ1) is 17.9. The van der Waals surface area contributed by atoms with Crippen LogP contribution in [-0.4, -0.2) is 10.9 Å². The van der Waals surface area contributed by atoms with E-state index in [1.54, 1.807) is 24.3 Å². The molecule has 1 aromatic heterocycles. The molecule has 3 rings (SSSR count). The van der Waals surface area contributed by atoms with Gasteiger partial charge in [-0.2, -0.15) is 0 Å². The molecular weight excluding hydrogens is 399 g/mol. The predicted octanol–water partition coefficient (Wildman–Crippen LogP) is 4.93. The van der Waals surface area contributed by atoms with E-state index in [0.717, 1.165) is 4.47 Å². The molecule has 0 aliphatic carbocycles. The molecule has 4 N–H and O–H groups in total. The Labute approximate surface area is 158 Å². The van der Waals surface area contributed by atoms with Gasteiger partial charge in [0.05, 0.1) is 11.4 Å². The Hall–Kier alpha value is -2.93. The number of nitrogens with two attached hydrogens (primary N) is 1. The molecule has 0 aliphatic heterocycles. The summed E-state index contributed by atoms with van der Waals surface area (Å²) in [4.78, 5) is 15.5. The number of hydrogen-bond donors (Lipinski definition) is 3. The summed E-state index contributed by atoms with van der Waals surface area (Å²) >= 11 is 3.37. The van der Waals surface area contributed by atoms with Crippen molar-refractivity contribution in [1.82, 2.24) is 4.98 Å². The van der Waals surface area contributed by atoms with Crippen molar-refractivity contribution in [3.63, 3.8) is 0 Å². The molecule has 0 saturated heterocycles. The summed E-state index contributed by atoms with van der Waals surface area (Å²) in [6.45, 7) is 1.41. The minimum absolute atomic E-state index is 0.200. The van der Waals surface area contributed by atoms with Crippen LogP contribution in [0, 0.1) is 5.82 Å². The van der Waals surface area contributed by atoms with Crippen molar-refractivity contribution in [3.05, 3.63) is 65.0 Å². The summed E-state index contributed by atoms with van der Waals surface area (Å²) in [7, 11) is 0. The zero-order valence-corrected chi connectivity index (χ0v) is 15.5. The maximum absolute atomic E-state index is 14.1. The number of aromatic nitrogens is 1. The van der Waals surface area contributed by atoms with Crippen LogP contribution in [0.2, 0.25) is 0 Å². The molecule has 0 fully saturated rings. The van der Waals surface area contributed by atoms with E-state index in [1.807, 2.05) is 12.1 Å². The molecule has 2 aromatic carbocycles. The minimum Gasteiger partial charge on any atom is -0.397 e. The van der Waals surface area contributed by atoms with Gasteiger partial charge in [-0.15, -0.1) is 0 Å². The van der Waals surface area contributed by atoms with Gasteiger partial charge in [0.2, 0.25) is 5.91 Å². The number of halogens is 2. The van der Waals surface area contributed by atoms with Crippen molar-refractivity contribution in [2.24, 2.45) is 0 Å². The van der Waals surface area contributed by atoms with Gasteiger partial charge in [0.1, 0.15) is 11.5 Å². The van der Waals surface area contributed by atoms with Crippen molar-refractivity contribution in [2.75, 3.05) is 16.4 Å². The fourth-order valence-electron chi connectivity index (χ4n) is 2.51. The lowest BCUT2D eigenvalue weighted by Crippen LogP contribution is -2.06. The SMILES string of the molecule is CC(=O)Nc1cc(Nc2ccc(Br)cc2N)cc(-c2ncccc2F)c1. The number of anilines is 4. The Bertz CT molecular complexity index is 978. The average molecular weight is 415 g/mol. The number of amides is 1. The van der Waals surface area contributed by atoms with Crippen LogP contribution in [-0.2, 0) is 4.79 Å². The van der Waals surface area contributed by atoms with Gasteiger partial charge >= 0.3 is 0 Å². The quantitative estimate of drug-likeness (QED) is 0.528. The lowest BCUT2D eigenvalue weighted by atomic mass is 10.1. The van der Waals surface area contributed by atoms with Crippen LogP contribution in [0.1, 0.15) is 6.92 Å². The molecule has 0 aliphatic rings. The third kappa shape index (κ3) is 4.18. The van der Waals surface area contributed by atoms with Gasteiger partial charge in [0.15, 0.2) is 0 Å². The molecule has 0 unspecified atom stereocenters. The number of nitrogen functional groups attached to an aromatic ring is 1. The van der Waals surface area contributed by atoms with E-state index in [9.17, 15) is 9.18 Å². The van der Waals surface area contributed by atoms with E-state index in [2.05, 4.69) is 31.5 Å². The Morgan fingerprint density at radius 2 is 1.92 bits per heavy atom. The Kier molecular flexibility index (Phi) is 5.18. The fourth-order valence-corrected chi connectivity index (χ4v) is 2.89. The van der Waals surface area contributed by atoms with E-state index >= 15 is 0 Å². The normalized spacial score (nSPS) is 10.4. The molecule has 0 spiro atoms. The van der Waals surface area contributed by atoms with Crippen molar-refractivity contribution in [2.45, 2.75) is 6.92 Å². The molecule has 5 nitrogen and oxygen atoms in total. The van der Waals surface area contributed by atoms with E-state index < -0.39 is 5.82 Å². The Balaban J connectivity index is 2.05. The number of rotatable bonds is 4. The third-order valence-electron chi connectivity index (χ3n) is 3.58. The lowest BCUT2D eigenvalue weighted by molar-refractivity contribution is -0.114. The highest BCUT2D eigenvalue weighted by Crippen LogP contribution is 2.31. The van der Waals surface area contributed by atoms with Crippen LogP contribution in [0.5, 0.6) is 0 Å². The molecule has 132 valence electrons. The summed E-state index contributed by atoms with van der Waals surface area (Å²) in [5.41, 5.74) is 9.18. The highest BCUT2D eigenvalue weighted by atomic mass is 79.9. The van der Waals surface area contributed by atoms with Crippen molar-refractivity contribution in [1.29, 1.82) is 0 Å². The molecule has 0 atom stereocenters. The van der Waals surface area contributed by atoms with E-state index in [1.165, 1.54) is 25.3 Å². The summed E-state index contributed by atoms with van der Waals surface area (Å²) in [5.74, 6) is -0.667. The van der Waals surface area contributed by atoms with Gasteiger partial charge in [-0.25, -0.2) is 4.39 Å². The van der Waals surface area contributed by atoms with Crippen LogP contribution in [0.15, 0.2) is 59.2 Å². The number of hydrogen-bond acceptors (Lipinski definition) is 4. The van der Waals surface area contributed by atoms with Crippen molar-refractivity contribution in [3.8, 4) is 11.3 Å². The maximum atomic E-state index is 14.1. The second-order valence-electron chi connectivity index (χ2n) is 5.67. The van der Waals surface area contributed by atoms with E-state index in [0.29, 0.717) is 28.3 Å². The lowest BCUT2D eigenvalue weighted by Gasteiger charge is -2.14. The summed E-state index contributed by atoms with van der Waals surface area (Å²) in [6, 6.07) is 13.5. The molecule has 0 bridgehead atoms. The molecule has 7 heteroatoms. The minimum atomic E-state index is -0.443. The standard InChI is InChI=1S/C19H16BrFN4O/c1-11(26)24-14-7-12(19-16(21)3-2-6-23-19)8-15(10-14)25-18-5-4-13(20)9-17(18)22/h2-10,25H,22H2,1H3,(H,24,26). The molecule has 0 saturated carbocycles. The van der Waals surface area contributed by atoms with Crippen LogP contribution in [0.3, 0.4) is 0 Å². The van der Waals surface area contributed by atoms with Crippen LogP contribution >= 0.6 is 15.9 Å². The summed E-state index contributed by atoms with van der Waals surface area (Å²) in [5, 5.41) is 5.91. The summed E-state index contributed by atoms with van der Waals surface area (Å²) in [6.07, 6.45) is 1.52. The zero-order chi connectivity index (χ0) is 18.7. The van der Waals surface area contributed by atoms with Gasteiger partial charge in [-0.3, -0.25) is 9.78 Å². The average Bonchev–Trinajstić information content (AvgIpc) is 2.57. The van der Waals surface area contributed by atoms with Gasteiger partial charge in [-0.1, -0.05) is 15.9 Å². The van der Waals surface area contributed by atoms with E-state index in [4.69, 9.17) is 5.73 Å². The third-order valence-corrected chi connectivity index (χ3v) is 4.07. The first-order valence-electron chi connectivity index (χ1n) is 7.78. The first-order valence-corrected chi connectivity index (χ1v) is 8.57. The predicted molar refractivity (Wildman–Crippen MR) is 106 cm³/mol. The van der Waals surface area contributed by atoms with Gasteiger partial charge in [0, 0.05) is 34.5 Å². The molecule has 1 heterocycles. The number of nitrogens with one attached hydrogen (secondary N) is 2. The monoisotopic (exact) mass is 414 g/mol. The Morgan fingerprint density at radius 1 is 1.15 bits per heavy atom. The van der Waals surface area contributed by atoms with Gasteiger partial charge in [0.25, 0.3) is 0 Å². The topological polar surface area (TPSA) is 80.0 Å². The Morgan fingerprint density at radius 3 is 2.62 bits per heavy atom. The highest BCUT2D eigenvalue weighted by Gasteiger charge is 2.11. The highest BCUT2D eigenvalue weighted by molar-refractivity contribution is 9.10. The number of carbonyl (C=O) groups is 1. The number of carbonyl (C=O) groups excluding carboxylic acids is 1. The fraction of sp³-hybridized carbons (Fsp3) is 0.0526. The second kappa shape index (κ2) is 7.53. The largest absolute Gasteiger partial charge is 0.397 e. The van der Waals surface area contributed by atoms with Crippen LogP contribution in [0.4, 0.5) is 27.1 Å². The van der Waals surface area contributed by atoms with E-state index in [-0.39, 0.29) is 11.6 Å². The van der Waals surface area contributed by atoms with Crippen LogP contribution < -0.4 is 16.4 Å². The smallest absolute Gasteiger partial charge is 0.221 e. The molecular formula is C19H16BrFN4O. The van der Waals surface area contributed by atoms with Crippen molar-refractivity contribution >= 4 is 44.6 Å². The van der Waals surface area contributed by atoms with Gasteiger partial charge in [-0.05, 0) is 48.5 Å². The molecule has 0 radical (unpaired) electrons. The second-order valence-corrected chi connectivity index (χ2v) is 6.59. The number of nitrogens with zero attached hydrogens (tertiary/aromatic N) is 1.